The van der Waals surface area contributed by atoms with Gasteiger partial charge in [0.25, 0.3) is 0 Å². The maximum absolute atomic E-state index is 13.0. The Morgan fingerprint density at radius 2 is 1.86 bits per heavy atom. The Hall–Kier alpha value is -2.17. The third-order valence-electron chi connectivity index (χ3n) is 3.81. The molecule has 2 aromatic carbocycles. The fraction of sp³-hybridized carbons (Fsp3) is 0.250. The van der Waals surface area contributed by atoms with Gasteiger partial charge >= 0.3 is 6.18 Å². The number of aryl methyl sites for hydroxylation is 1. The molecule has 0 saturated heterocycles. The second kappa shape index (κ2) is 4.98. The summed E-state index contributed by atoms with van der Waals surface area (Å²) >= 11 is 0. The third kappa shape index (κ3) is 2.68. The Morgan fingerprint density at radius 3 is 2.62 bits per heavy atom. The largest absolute Gasteiger partial charge is 0.418 e. The van der Waals surface area contributed by atoms with Crippen LogP contribution in [0, 0.1) is 0 Å². The number of rotatable bonds is 2. The molecule has 0 amide bonds. The Kier molecular flexibility index (Phi) is 3.27. The average Bonchev–Trinajstić information content (AvgIpc) is 2.80. The summed E-state index contributed by atoms with van der Waals surface area (Å²) < 4.78 is 39.0. The summed E-state index contributed by atoms with van der Waals surface area (Å²) in [7, 11) is 0. The molecular weight excluding hydrogens is 277 g/mol. The van der Waals surface area contributed by atoms with Crippen molar-refractivity contribution in [3.63, 3.8) is 0 Å². The normalized spacial score (nSPS) is 17.6. The van der Waals surface area contributed by atoms with Gasteiger partial charge in [0.15, 0.2) is 0 Å². The van der Waals surface area contributed by atoms with Crippen LogP contribution in [0.3, 0.4) is 0 Å². The van der Waals surface area contributed by atoms with Crippen molar-refractivity contribution in [3.05, 3.63) is 59.2 Å². The second-order valence-corrected chi connectivity index (χ2v) is 5.24. The lowest BCUT2D eigenvalue weighted by Gasteiger charge is -2.19. The lowest BCUT2D eigenvalue weighted by atomic mass is 10.1. The van der Waals surface area contributed by atoms with E-state index in [1.54, 1.807) is 12.1 Å². The maximum Gasteiger partial charge on any atom is 0.418 e. The Labute approximate surface area is 120 Å². The molecule has 1 aliphatic rings. The predicted octanol–water partition coefficient (Wildman–Crippen LogP) is 4.39. The zero-order valence-electron chi connectivity index (χ0n) is 11.2. The second-order valence-electron chi connectivity index (χ2n) is 5.24. The molecule has 0 radical (unpaired) electrons. The van der Waals surface area contributed by atoms with Crippen LogP contribution < -0.4 is 11.1 Å². The average molecular weight is 292 g/mol. The molecular formula is C16H15F3N2. The van der Waals surface area contributed by atoms with Crippen LogP contribution in [0.25, 0.3) is 0 Å². The Morgan fingerprint density at radius 1 is 1.10 bits per heavy atom. The highest BCUT2D eigenvalue weighted by atomic mass is 19.4. The summed E-state index contributed by atoms with van der Waals surface area (Å²) in [6.07, 6.45) is -2.76. The summed E-state index contributed by atoms with van der Waals surface area (Å²) in [5, 5.41) is 3.03. The standard InChI is InChI=1S/C16H15F3N2/c17-16(18,19)13-3-1-2-4-15(13)21-14-8-5-10-9-11(20)6-7-12(10)14/h1-4,6-7,9,14,21H,5,8,20H2. The molecule has 0 heterocycles. The first kappa shape index (κ1) is 13.8. The maximum atomic E-state index is 13.0. The summed E-state index contributed by atoms with van der Waals surface area (Å²) in [5.74, 6) is 0. The molecule has 0 fully saturated rings. The van der Waals surface area contributed by atoms with Crippen molar-refractivity contribution < 1.29 is 13.2 Å². The zero-order chi connectivity index (χ0) is 15.0. The van der Waals surface area contributed by atoms with Crippen molar-refractivity contribution in [2.24, 2.45) is 0 Å². The van der Waals surface area contributed by atoms with Gasteiger partial charge in [-0.3, -0.25) is 0 Å². The smallest absolute Gasteiger partial charge is 0.399 e. The number of nitrogen functional groups attached to an aromatic ring is 1. The molecule has 2 nitrogen and oxygen atoms in total. The van der Waals surface area contributed by atoms with Gasteiger partial charge in [0.05, 0.1) is 11.6 Å². The van der Waals surface area contributed by atoms with Crippen molar-refractivity contribution in [2.45, 2.75) is 25.1 Å². The summed E-state index contributed by atoms with van der Waals surface area (Å²) in [5.41, 5.74) is 8.06. The van der Waals surface area contributed by atoms with Gasteiger partial charge in [0, 0.05) is 11.4 Å². The van der Waals surface area contributed by atoms with Gasteiger partial charge in [-0.05, 0) is 48.2 Å². The van der Waals surface area contributed by atoms with E-state index < -0.39 is 11.7 Å². The summed E-state index contributed by atoms with van der Waals surface area (Å²) in [6, 6.07) is 11.0. The topological polar surface area (TPSA) is 38.0 Å². The Balaban J connectivity index is 1.90. The molecule has 1 unspecified atom stereocenters. The van der Waals surface area contributed by atoms with Crippen molar-refractivity contribution in [2.75, 3.05) is 11.1 Å². The first-order chi connectivity index (χ1) is 9.95. The first-order valence-corrected chi connectivity index (χ1v) is 6.76. The number of nitrogens with two attached hydrogens (primary N) is 1. The lowest BCUT2D eigenvalue weighted by Crippen LogP contribution is -2.13. The lowest BCUT2D eigenvalue weighted by molar-refractivity contribution is -0.137. The molecule has 0 aliphatic heterocycles. The fourth-order valence-corrected chi connectivity index (χ4v) is 2.83. The van der Waals surface area contributed by atoms with Crippen LogP contribution in [0.4, 0.5) is 24.5 Å². The van der Waals surface area contributed by atoms with E-state index in [0.717, 1.165) is 30.0 Å². The first-order valence-electron chi connectivity index (χ1n) is 6.76. The molecule has 1 aliphatic carbocycles. The van der Waals surface area contributed by atoms with E-state index in [4.69, 9.17) is 5.73 Å². The monoisotopic (exact) mass is 292 g/mol. The van der Waals surface area contributed by atoms with Crippen molar-refractivity contribution in [1.29, 1.82) is 0 Å². The van der Waals surface area contributed by atoms with Gasteiger partial charge in [-0.25, -0.2) is 0 Å². The van der Waals surface area contributed by atoms with E-state index in [0.29, 0.717) is 5.69 Å². The van der Waals surface area contributed by atoms with Gasteiger partial charge in [-0.15, -0.1) is 0 Å². The number of fused-ring (bicyclic) bond motifs is 1. The SMILES string of the molecule is Nc1ccc2c(c1)CCC2Nc1ccccc1C(F)(F)F. The number of hydrogen-bond acceptors (Lipinski definition) is 2. The number of para-hydroxylation sites is 1. The van der Waals surface area contributed by atoms with Gasteiger partial charge in [-0.1, -0.05) is 18.2 Å². The number of nitrogens with one attached hydrogen (secondary N) is 1. The van der Waals surface area contributed by atoms with E-state index in [1.807, 2.05) is 12.1 Å². The molecule has 1 atom stereocenters. The number of benzene rings is 2. The highest BCUT2D eigenvalue weighted by Gasteiger charge is 2.34. The molecule has 0 aromatic heterocycles. The van der Waals surface area contributed by atoms with E-state index in [2.05, 4.69) is 5.32 Å². The molecule has 3 N–H and O–H groups in total. The van der Waals surface area contributed by atoms with E-state index in [-0.39, 0.29) is 11.7 Å². The number of hydrogen-bond donors (Lipinski definition) is 2. The van der Waals surface area contributed by atoms with Crippen molar-refractivity contribution >= 4 is 11.4 Å². The van der Waals surface area contributed by atoms with E-state index >= 15 is 0 Å². The molecule has 0 spiro atoms. The summed E-state index contributed by atoms with van der Waals surface area (Å²) in [4.78, 5) is 0. The number of anilines is 2. The van der Waals surface area contributed by atoms with Gasteiger partial charge in [-0.2, -0.15) is 13.2 Å². The molecule has 0 saturated carbocycles. The van der Waals surface area contributed by atoms with Crippen LogP contribution in [0.15, 0.2) is 42.5 Å². The van der Waals surface area contributed by atoms with Crippen molar-refractivity contribution in [3.8, 4) is 0 Å². The third-order valence-corrected chi connectivity index (χ3v) is 3.81. The predicted molar refractivity (Wildman–Crippen MR) is 77.0 cm³/mol. The summed E-state index contributed by atoms with van der Waals surface area (Å²) in [6.45, 7) is 0. The minimum absolute atomic E-state index is 0.107. The van der Waals surface area contributed by atoms with E-state index in [1.165, 1.54) is 12.1 Å². The minimum Gasteiger partial charge on any atom is -0.399 e. The minimum atomic E-state index is -4.36. The highest BCUT2D eigenvalue weighted by Crippen LogP contribution is 2.39. The van der Waals surface area contributed by atoms with Gasteiger partial charge < -0.3 is 11.1 Å². The number of halogens is 3. The van der Waals surface area contributed by atoms with Crippen LogP contribution in [0.1, 0.15) is 29.2 Å². The van der Waals surface area contributed by atoms with Crippen LogP contribution in [0.2, 0.25) is 0 Å². The molecule has 3 rings (SSSR count). The van der Waals surface area contributed by atoms with Crippen LogP contribution in [0.5, 0.6) is 0 Å². The van der Waals surface area contributed by atoms with Crippen LogP contribution in [-0.2, 0) is 12.6 Å². The molecule has 2 aromatic rings. The highest BCUT2D eigenvalue weighted by molar-refractivity contribution is 5.56. The van der Waals surface area contributed by atoms with Crippen LogP contribution >= 0.6 is 0 Å². The van der Waals surface area contributed by atoms with Crippen molar-refractivity contribution in [1.82, 2.24) is 0 Å². The number of alkyl halides is 3. The fourth-order valence-electron chi connectivity index (χ4n) is 2.83. The molecule has 0 bridgehead atoms. The van der Waals surface area contributed by atoms with E-state index in [9.17, 15) is 13.2 Å². The van der Waals surface area contributed by atoms with Crippen LogP contribution in [-0.4, -0.2) is 0 Å². The molecule has 110 valence electrons. The van der Waals surface area contributed by atoms with Gasteiger partial charge in [0.2, 0.25) is 0 Å². The quantitative estimate of drug-likeness (QED) is 0.806. The van der Waals surface area contributed by atoms with Gasteiger partial charge in [0.1, 0.15) is 0 Å². The Bertz CT molecular complexity index is 665. The zero-order valence-corrected chi connectivity index (χ0v) is 11.2. The molecule has 21 heavy (non-hydrogen) atoms. The molecule has 5 heteroatoms.